The summed E-state index contributed by atoms with van der Waals surface area (Å²) in [6.07, 6.45) is 5.07. The average Bonchev–Trinajstić information content (AvgIpc) is 2.76. The van der Waals surface area contributed by atoms with E-state index < -0.39 is 0 Å². The maximum Gasteiger partial charge on any atom is 0.132 e. The maximum absolute atomic E-state index is 13.6. The van der Waals surface area contributed by atoms with Crippen LogP contribution in [0.4, 0.5) is 4.39 Å². The van der Waals surface area contributed by atoms with Crippen LogP contribution in [-0.2, 0) is 17.6 Å². The molecule has 96 valence electrons. The molecule has 1 spiro atoms. The zero-order valence-electron chi connectivity index (χ0n) is 10.7. The minimum absolute atomic E-state index is 0.0636. The first-order valence-corrected chi connectivity index (χ1v) is 6.47. The highest BCUT2D eigenvalue weighted by atomic mass is 19.1. The Balaban J connectivity index is 0.000000574. The van der Waals surface area contributed by atoms with Crippen LogP contribution in [0.3, 0.4) is 0 Å². The standard InChI is InChI=1S/C14H15FO.C2H4/c15-13-3-1-2-10-8-14(9-12(10)13)6-4-11(16)5-7-14;1-2/h1-3H,4-9H2;1-2H2. The zero-order valence-corrected chi connectivity index (χ0v) is 10.7. The highest BCUT2D eigenvalue weighted by molar-refractivity contribution is 5.79. The van der Waals surface area contributed by atoms with Gasteiger partial charge in [0.05, 0.1) is 0 Å². The summed E-state index contributed by atoms with van der Waals surface area (Å²) >= 11 is 0. The van der Waals surface area contributed by atoms with Crippen molar-refractivity contribution in [1.82, 2.24) is 0 Å². The number of hydrogen-bond acceptors (Lipinski definition) is 1. The van der Waals surface area contributed by atoms with Gasteiger partial charge < -0.3 is 0 Å². The van der Waals surface area contributed by atoms with Gasteiger partial charge in [-0.2, -0.15) is 0 Å². The Morgan fingerprint density at radius 2 is 1.78 bits per heavy atom. The van der Waals surface area contributed by atoms with E-state index >= 15 is 0 Å². The summed E-state index contributed by atoms with van der Waals surface area (Å²) in [4.78, 5) is 11.3. The second kappa shape index (κ2) is 5.05. The summed E-state index contributed by atoms with van der Waals surface area (Å²) in [6.45, 7) is 6.00. The molecule has 2 heteroatoms. The third-order valence-electron chi connectivity index (χ3n) is 4.20. The van der Waals surface area contributed by atoms with Gasteiger partial charge in [0, 0.05) is 12.8 Å². The molecule has 1 fully saturated rings. The first kappa shape index (κ1) is 13.0. The first-order chi connectivity index (χ1) is 8.69. The van der Waals surface area contributed by atoms with Gasteiger partial charge in [0.15, 0.2) is 0 Å². The van der Waals surface area contributed by atoms with Crippen molar-refractivity contribution in [2.75, 3.05) is 0 Å². The molecule has 0 amide bonds. The predicted molar refractivity (Wildman–Crippen MR) is 71.0 cm³/mol. The van der Waals surface area contributed by atoms with Gasteiger partial charge in [-0.25, -0.2) is 4.39 Å². The SMILES string of the molecule is C=C.O=C1CCC2(CC1)Cc1cccc(F)c1C2. The lowest BCUT2D eigenvalue weighted by molar-refractivity contribution is -0.122. The fourth-order valence-electron chi connectivity index (χ4n) is 3.22. The van der Waals surface area contributed by atoms with Crippen LogP contribution in [0.5, 0.6) is 0 Å². The number of ketones is 1. The van der Waals surface area contributed by atoms with E-state index in [0.29, 0.717) is 18.6 Å². The normalized spacial score (nSPS) is 20.2. The smallest absolute Gasteiger partial charge is 0.132 e. The number of hydrogen-bond donors (Lipinski definition) is 0. The highest BCUT2D eigenvalue weighted by Gasteiger charge is 2.40. The lowest BCUT2D eigenvalue weighted by Crippen LogP contribution is -2.28. The van der Waals surface area contributed by atoms with Crippen molar-refractivity contribution < 1.29 is 9.18 Å². The molecular weight excluding hydrogens is 227 g/mol. The first-order valence-electron chi connectivity index (χ1n) is 6.47. The van der Waals surface area contributed by atoms with E-state index in [1.54, 1.807) is 12.1 Å². The average molecular weight is 246 g/mol. The molecule has 1 nitrogen and oxygen atoms in total. The fourth-order valence-corrected chi connectivity index (χ4v) is 3.22. The summed E-state index contributed by atoms with van der Waals surface area (Å²) in [5.74, 6) is 0.313. The number of rotatable bonds is 0. The Bertz CT molecular complexity index is 454. The lowest BCUT2D eigenvalue weighted by Gasteiger charge is -2.32. The van der Waals surface area contributed by atoms with Gasteiger partial charge in [-0.3, -0.25) is 4.79 Å². The number of Topliss-reactive ketones (excluding diaryl/α,β-unsaturated/α-hetero) is 1. The molecule has 0 atom stereocenters. The van der Waals surface area contributed by atoms with Gasteiger partial charge in [-0.05, 0) is 48.3 Å². The van der Waals surface area contributed by atoms with Crippen molar-refractivity contribution in [2.24, 2.45) is 5.41 Å². The molecule has 0 aliphatic heterocycles. The number of halogens is 1. The van der Waals surface area contributed by atoms with Crippen molar-refractivity contribution in [3.8, 4) is 0 Å². The molecule has 0 heterocycles. The summed E-state index contributed by atoms with van der Waals surface area (Å²) in [5.41, 5.74) is 2.25. The number of carbonyl (C=O) groups excluding carboxylic acids is 1. The zero-order chi connectivity index (χ0) is 13.2. The Hall–Kier alpha value is -1.44. The number of carbonyl (C=O) groups is 1. The van der Waals surface area contributed by atoms with Crippen molar-refractivity contribution in [1.29, 1.82) is 0 Å². The van der Waals surface area contributed by atoms with Gasteiger partial charge in [0.1, 0.15) is 11.6 Å². The van der Waals surface area contributed by atoms with E-state index in [-0.39, 0.29) is 11.2 Å². The third-order valence-corrected chi connectivity index (χ3v) is 4.20. The second-order valence-corrected chi connectivity index (χ2v) is 5.27. The van der Waals surface area contributed by atoms with Crippen LogP contribution in [0, 0.1) is 11.2 Å². The fraction of sp³-hybridized carbons (Fsp3) is 0.438. The topological polar surface area (TPSA) is 17.1 Å². The predicted octanol–water partition coefficient (Wildman–Crippen LogP) is 3.86. The summed E-state index contributed by atoms with van der Waals surface area (Å²) in [6, 6.07) is 5.37. The molecule has 0 bridgehead atoms. The van der Waals surface area contributed by atoms with E-state index in [1.165, 1.54) is 0 Å². The molecule has 0 aromatic heterocycles. The molecule has 0 unspecified atom stereocenters. The third kappa shape index (κ3) is 2.24. The number of benzene rings is 1. The van der Waals surface area contributed by atoms with Gasteiger partial charge in [0.25, 0.3) is 0 Å². The monoisotopic (exact) mass is 246 g/mol. The number of fused-ring (bicyclic) bond motifs is 1. The molecule has 0 N–H and O–H groups in total. The van der Waals surface area contributed by atoms with Crippen LogP contribution in [-0.4, -0.2) is 5.78 Å². The largest absolute Gasteiger partial charge is 0.300 e. The highest BCUT2D eigenvalue weighted by Crippen LogP contribution is 2.46. The molecule has 2 aliphatic rings. The van der Waals surface area contributed by atoms with Crippen molar-refractivity contribution in [3.05, 3.63) is 48.3 Å². The molecule has 1 saturated carbocycles. The van der Waals surface area contributed by atoms with Crippen LogP contribution in [0.1, 0.15) is 36.8 Å². The van der Waals surface area contributed by atoms with E-state index in [2.05, 4.69) is 13.2 Å². The van der Waals surface area contributed by atoms with Crippen molar-refractivity contribution >= 4 is 5.78 Å². The lowest BCUT2D eigenvalue weighted by atomic mass is 9.72. The van der Waals surface area contributed by atoms with E-state index in [0.717, 1.165) is 36.8 Å². The minimum Gasteiger partial charge on any atom is -0.300 e. The molecule has 3 rings (SSSR count). The molecule has 0 radical (unpaired) electrons. The van der Waals surface area contributed by atoms with Gasteiger partial charge in [-0.1, -0.05) is 12.1 Å². The van der Waals surface area contributed by atoms with Crippen LogP contribution in [0.2, 0.25) is 0 Å². The van der Waals surface area contributed by atoms with Crippen LogP contribution < -0.4 is 0 Å². The van der Waals surface area contributed by atoms with Gasteiger partial charge in [0.2, 0.25) is 0 Å². The maximum atomic E-state index is 13.6. The van der Waals surface area contributed by atoms with Gasteiger partial charge >= 0.3 is 0 Å². The summed E-state index contributed by atoms with van der Waals surface area (Å²) < 4.78 is 13.6. The molecule has 18 heavy (non-hydrogen) atoms. The van der Waals surface area contributed by atoms with Gasteiger partial charge in [-0.15, -0.1) is 13.2 Å². The van der Waals surface area contributed by atoms with Crippen molar-refractivity contribution in [2.45, 2.75) is 38.5 Å². The van der Waals surface area contributed by atoms with Crippen LogP contribution in [0.15, 0.2) is 31.4 Å². The second-order valence-electron chi connectivity index (χ2n) is 5.27. The van der Waals surface area contributed by atoms with Crippen molar-refractivity contribution in [3.63, 3.8) is 0 Å². The van der Waals surface area contributed by atoms with E-state index in [1.807, 2.05) is 6.07 Å². The Morgan fingerprint density at radius 1 is 1.11 bits per heavy atom. The summed E-state index contributed by atoms with van der Waals surface area (Å²) in [5, 5.41) is 0. The minimum atomic E-state index is -0.0636. The molecular formula is C16H19FO. The molecule has 0 saturated heterocycles. The Morgan fingerprint density at radius 3 is 2.39 bits per heavy atom. The molecule has 1 aromatic rings. The van der Waals surface area contributed by atoms with E-state index in [9.17, 15) is 9.18 Å². The molecule has 1 aromatic carbocycles. The molecule has 2 aliphatic carbocycles. The Kier molecular flexibility index (Phi) is 3.65. The summed E-state index contributed by atoms with van der Waals surface area (Å²) in [7, 11) is 0. The Labute approximate surface area is 108 Å². The van der Waals surface area contributed by atoms with Crippen LogP contribution >= 0.6 is 0 Å². The van der Waals surface area contributed by atoms with E-state index in [4.69, 9.17) is 0 Å². The van der Waals surface area contributed by atoms with Crippen LogP contribution in [0.25, 0.3) is 0 Å². The quantitative estimate of drug-likeness (QED) is 0.635.